The molecule has 1 unspecified atom stereocenters. The van der Waals surface area contributed by atoms with Crippen molar-refractivity contribution in [1.82, 2.24) is 0 Å². The third-order valence-corrected chi connectivity index (χ3v) is 6.54. The van der Waals surface area contributed by atoms with Gasteiger partial charge in [-0.2, -0.15) is 0 Å². The summed E-state index contributed by atoms with van der Waals surface area (Å²) in [5.41, 5.74) is 0. The first kappa shape index (κ1) is 25.5. The van der Waals surface area contributed by atoms with Crippen LogP contribution in [-0.4, -0.2) is 23.3 Å². The Morgan fingerprint density at radius 3 is 1.50 bits per heavy atom. The minimum absolute atomic E-state index is 0.160. The molecule has 0 saturated carbocycles. The van der Waals surface area contributed by atoms with Crippen LogP contribution in [0.4, 0.5) is 0 Å². The molecular weight excluding hydrogens is 348 g/mol. The summed E-state index contributed by atoms with van der Waals surface area (Å²) in [6, 6.07) is 0. The highest BCUT2D eigenvalue weighted by Gasteiger charge is 2.45. The lowest BCUT2D eigenvalue weighted by Gasteiger charge is -2.23. The number of cyclic esters (lactones) is 1. The summed E-state index contributed by atoms with van der Waals surface area (Å²) in [7, 11) is 0. The molecule has 1 heterocycles. The molecule has 0 bridgehead atoms. The maximum Gasteiger partial charge on any atom is 0.312 e. The molecule has 3 heteroatoms. The van der Waals surface area contributed by atoms with Crippen LogP contribution in [0.1, 0.15) is 130 Å². The second-order valence-corrected chi connectivity index (χ2v) is 9.09. The third-order valence-electron chi connectivity index (χ3n) is 6.54. The smallest absolute Gasteiger partial charge is 0.312 e. The van der Waals surface area contributed by atoms with Crippen molar-refractivity contribution in [2.75, 3.05) is 0 Å². The van der Waals surface area contributed by atoms with Gasteiger partial charge in [-0.3, -0.25) is 4.79 Å². The molecule has 4 atom stereocenters. The third kappa shape index (κ3) is 10.3. The fraction of sp³-hybridized carbons (Fsp3) is 0.960. The summed E-state index contributed by atoms with van der Waals surface area (Å²) in [5, 5.41) is 10.5. The highest BCUT2D eigenvalue weighted by molar-refractivity contribution is 5.76. The average molecular weight is 397 g/mol. The van der Waals surface area contributed by atoms with Crippen LogP contribution in [0.15, 0.2) is 0 Å². The highest BCUT2D eigenvalue weighted by Crippen LogP contribution is 2.35. The number of carbonyl (C=O) groups is 1. The number of aliphatic hydroxyl groups excluding tert-OH is 1. The molecular formula is C25H48O3. The molecule has 3 nitrogen and oxygen atoms in total. The molecule has 0 aliphatic carbocycles. The van der Waals surface area contributed by atoms with Crippen LogP contribution in [0.3, 0.4) is 0 Å². The van der Waals surface area contributed by atoms with Crippen LogP contribution in [-0.2, 0) is 9.53 Å². The van der Waals surface area contributed by atoms with E-state index in [1.54, 1.807) is 0 Å². The molecule has 1 N–H and O–H groups in total. The average Bonchev–Trinajstić information content (AvgIpc) is 2.93. The number of aliphatic hydroxyl groups is 1. The Bertz CT molecular complexity index is 382. The molecule has 1 aliphatic heterocycles. The number of esters is 1. The molecule has 1 aliphatic rings. The lowest BCUT2D eigenvalue weighted by atomic mass is 9.80. The van der Waals surface area contributed by atoms with E-state index in [-0.39, 0.29) is 18.0 Å². The normalized spacial score (nSPS) is 23.1. The van der Waals surface area contributed by atoms with Crippen molar-refractivity contribution < 1.29 is 14.6 Å². The molecule has 0 aromatic carbocycles. The Balaban J connectivity index is 2.30. The van der Waals surface area contributed by atoms with E-state index >= 15 is 0 Å². The molecule has 166 valence electrons. The van der Waals surface area contributed by atoms with Crippen LogP contribution >= 0.6 is 0 Å². The minimum Gasteiger partial charge on any atom is -0.460 e. The minimum atomic E-state index is -0.615. The second-order valence-electron chi connectivity index (χ2n) is 9.09. The Morgan fingerprint density at radius 2 is 1.14 bits per heavy atom. The second kappa shape index (κ2) is 16.3. The molecule has 1 saturated heterocycles. The van der Waals surface area contributed by atoms with E-state index in [2.05, 4.69) is 13.8 Å². The van der Waals surface area contributed by atoms with E-state index in [1.807, 2.05) is 6.92 Å². The van der Waals surface area contributed by atoms with Gasteiger partial charge in [-0.05, 0) is 25.7 Å². The first-order valence-corrected chi connectivity index (χ1v) is 12.5. The quantitative estimate of drug-likeness (QED) is 0.197. The first-order chi connectivity index (χ1) is 13.6. The van der Waals surface area contributed by atoms with E-state index in [1.165, 1.54) is 96.3 Å². The molecule has 0 aromatic rings. The first-order valence-electron chi connectivity index (χ1n) is 12.5. The predicted octanol–water partition coefficient (Wildman–Crippen LogP) is 7.20. The zero-order chi connectivity index (χ0) is 20.6. The van der Waals surface area contributed by atoms with E-state index < -0.39 is 6.10 Å². The van der Waals surface area contributed by atoms with Gasteiger partial charge in [0.2, 0.25) is 0 Å². The van der Waals surface area contributed by atoms with Gasteiger partial charge >= 0.3 is 5.97 Å². The maximum absolute atomic E-state index is 12.3. The van der Waals surface area contributed by atoms with Crippen molar-refractivity contribution in [2.45, 2.75) is 142 Å². The summed E-state index contributed by atoms with van der Waals surface area (Å²) in [4.78, 5) is 12.3. The van der Waals surface area contributed by atoms with Crippen LogP contribution in [0.2, 0.25) is 0 Å². The van der Waals surface area contributed by atoms with E-state index in [4.69, 9.17) is 4.74 Å². The van der Waals surface area contributed by atoms with Gasteiger partial charge in [0.05, 0.1) is 5.92 Å². The predicted molar refractivity (Wildman–Crippen MR) is 118 cm³/mol. The van der Waals surface area contributed by atoms with Crippen molar-refractivity contribution in [3.8, 4) is 0 Å². The van der Waals surface area contributed by atoms with Gasteiger partial charge in [0.15, 0.2) is 0 Å². The van der Waals surface area contributed by atoms with E-state index in [0.717, 1.165) is 12.8 Å². The van der Waals surface area contributed by atoms with Crippen molar-refractivity contribution in [2.24, 2.45) is 11.8 Å². The summed E-state index contributed by atoms with van der Waals surface area (Å²) in [6.07, 6.45) is 20.7. The summed E-state index contributed by atoms with van der Waals surface area (Å²) in [6.45, 7) is 6.33. The summed E-state index contributed by atoms with van der Waals surface area (Å²) in [5.74, 6) is -0.158. The van der Waals surface area contributed by atoms with Gasteiger partial charge in [-0.25, -0.2) is 0 Å². The highest BCUT2D eigenvalue weighted by atomic mass is 16.6. The zero-order valence-corrected chi connectivity index (χ0v) is 19.1. The molecule has 0 aromatic heterocycles. The van der Waals surface area contributed by atoms with E-state index in [9.17, 15) is 9.90 Å². The summed E-state index contributed by atoms with van der Waals surface area (Å²) >= 11 is 0. The van der Waals surface area contributed by atoms with Crippen molar-refractivity contribution in [1.29, 1.82) is 0 Å². The number of carbonyl (C=O) groups excluding carboxylic acids is 1. The van der Waals surface area contributed by atoms with Gasteiger partial charge in [-0.15, -0.1) is 0 Å². The molecule has 1 fully saturated rings. The standard InChI is InChI=1S/C25H48O3/c1-4-6-8-10-12-13-14-16-18-20-22(19-17-15-11-9-7-5-2)23-24(26)21(3)28-25(23)27/h21-24,26H,4-20H2,1-3H3/t21-,22?,23+,24+/m1/s1. The molecule has 0 spiro atoms. The Kier molecular flexibility index (Phi) is 14.8. The Morgan fingerprint density at radius 1 is 0.750 bits per heavy atom. The van der Waals surface area contributed by atoms with Crippen molar-refractivity contribution in [3.63, 3.8) is 0 Å². The van der Waals surface area contributed by atoms with Gasteiger partial charge in [0, 0.05) is 0 Å². The van der Waals surface area contributed by atoms with Crippen LogP contribution in [0.5, 0.6) is 0 Å². The lowest BCUT2D eigenvalue weighted by molar-refractivity contribution is -0.145. The fourth-order valence-electron chi connectivity index (χ4n) is 4.64. The molecule has 0 amide bonds. The monoisotopic (exact) mass is 396 g/mol. The zero-order valence-electron chi connectivity index (χ0n) is 19.1. The summed E-state index contributed by atoms with van der Waals surface area (Å²) < 4.78 is 5.33. The number of hydrogen-bond acceptors (Lipinski definition) is 3. The Hall–Kier alpha value is -0.570. The Labute approximate surface area is 175 Å². The topological polar surface area (TPSA) is 46.5 Å². The van der Waals surface area contributed by atoms with E-state index in [0.29, 0.717) is 5.92 Å². The molecule has 28 heavy (non-hydrogen) atoms. The van der Waals surface area contributed by atoms with Crippen LogP contribution < -0.4 is 0 Å². The van der Waals surface area contributed by atoms with Crippen molar-refractivity contribution >= 4 is 5.97 Å². The maximum atomic E-state index is 12.3. The van der Waals surface area contributed by atoms with Crippen LogP contribution in [0, 0.1) is 11.8 Å². The van der Waals surface area contributed by atoms with Gasteiger partial charge in [0.1, 0.15) is 12.2 Å². The van der Waals surface area contributed by atoms with Crippen molar-refractivity contribution in [3.05, 3.63) is 0 Å². The van der Waals surface area contributed by atoms with Gasteiger partial charge in [-0.1, -0.05) is 110 Å². The largest absolute Gasteiger partial charge is 0.460 e. The van der Waals surface area contributed by atoms with Gasteiger partial charge in [0.25, 0.3) is 0 Å². The van der Waals surface area contributed by atoms with Crippen LogP contribution in [0.25, 0.3) is 0 Å². The molecule has 1 rings (SSSR count). The van der Waals surface area contributed by atoms with Gasteiger partial charge < -0.3 is 9.84 Å². The fourth-order valence-corrected chi connectivity index (χ4v) is 4.64. The lowest BCUT2D eigenvalue weighted by Crippen LogP contribution is -2.31. The SMILES string of the molecule is CCCCCCCCCCCC(CCCCCCCC)[C@@H]1C(=O)O[C@H](C)[C@@H]1O. The molecule has 0 radical (unpaired) electrons. The number of hydrogen-bond donors (Lipinski definition) is 1. The number of unbranched alkanes of at least 4 members (excludes halogenated alkanes) is 13. The number of ether oxygens (including phenoxy) is 1. The number of rotatable bonds is 18.